The molecule has 0 aromatic heterocycles. The fourth-order valence-electron chi connectivity index (χ4n) is 4.26. The molecular weight excluding hydrogens is 456 g/mol. The number of nitrogens with zero attached hydrogens (tertiary/aromatic N) is 4. The van der Waals surface area contributed by atoms with Crippen molar-refractivity contribution >= 4 is 30.2 Å². The summed E-state index contributed by atoms with van der Waals surface area (Å²) < 4.78 is 10.8. The molecule has 190 valence electrons. The highest BCUT2D eigenvalue weighted by atomic mass is 16.6. The number of ether oxygens (including phenoxy) is 2. The first-order chi connectivity index (χ1) is 16.1. The lowest BCUT2D eigenvalue weighted by atomic mass is 9.94. The Morgan fingerprint density at radius 1 is 1.47 bits per heavy atom. The van der Waals surface area contributed by atoms with E-state index >= 15 is 0 Å². The number of nitrogens with two attached hydrogens (primary N) is 2. The molecule has 8 atom stereocenters. The smallest absolute Gasteiger partial charge is 0.404 e. The Morgan fingerprint density at radius 3 is 2.79 bits per heavy atom. The summed E-state index contributed by atoms with van der Waals surface area (Å²) in [7, 11) is 2.92. The average molecular weight is 486 g/mol. The van der Waals surface area contributed by atoms with E-state index < -0.39 is 67.4 Å². The number of fused-ring (bicyclic) bond motifs is 1. The van der Waals surface area contributed by atoms with Crippen molar-refractivity contribution in [1.29, 1.82) is 0 Å². The average Bonchev–Trinajstić information content (AvgIpc) is 3.21. The SMILES string of the molecule is CN1CC(O)C2NC(NC3OC(CO)C(OC(N)=O)C(O)C3N(C)C(=O)CN=CN)=NC2C1=O. The minimum absolute atomic E-state index is 0.0756. The summed E-state index contributed by atoms with van der Waals surface area (Å²) in [6.07, 6.45) is -6.47. The summed E-state index contributed by atoms with van der Waals surface area (Å²) in [5, 5.41) is 36.9. The molecule has 8 unspecified atom stereocenters. The molecule has 0 aromatic carbocycles. The standard InChI is InChI=1S/C18H30N8O8/c1-25-4-7(28)10-11(16(25)31)23-18(22-10)24-15-12(26(2)9(29)3-21-6-19)13(30)14(34-17(20)32)8(5-27)33-15/h6-8,10-15,27-28,30H,3-5H2,1-2H3,(H2,19,21)(H2,20,32)(H2,22,23,24). The number of hydrogen-bond donors (Lipinski definition) is 7. The molecule has 2 fully saturated rings. The Bertz CT molecular complexity index is 856. The number of aliphatic hydroxyl groups excluding tert-OH is 3. The molecule has 0 radical (unpaired) electrons. The second kappa shape index (κ2) is 10.4. The predicted octanol–water partition coefficient (Wildman–Crippen LogP) is -5.54. The summed E-state index contributed by atoms with van der Waals surface area (Å²) in [4.78, 5) is 46.8. The maximum Gasteiger partial charge on any atom is 0.404 e. The molecule has 34 heavy (non-hydrogen) atoms. The third kappa shape index (κ3) is 4.98. The zero-order valence-electron chi connectivity index (χ0n) is 18.6. The van der Waals surface area contributed by atoms with Crippen LogP contribution in [0.2, 0.25) is 0 Å². The van der Waals surface area contributed by atoms with Crippen LogP contribution in [0.1, 0.15) is 0 Å². The van der Waals surface area contributed by atoms with Gasteiger partial charge in [0.1, 0.15) is 24.8 Å². The van der Waals surface area contributed by atoms with Crippen molar-refractivity contribution < 1.29 is 39.2 Å². The second-order valence-corrected chi connectivity index (χ2v) is 8.18. The van der Waals surface area contributed by atoms with E-state index in [0.29, 0.717) is 0 Å². The third-order valence-electron chi connectivity index (χ3n) is 5.98. The van der Waals surface area contributed by atoms with Gasteiger partial charge in [0.05, 0.1) is 25.1 Å². The molecular formula is C18H30N8O8. The number of β-amino-alcohol motifs (C(OH)–C–C–N with tert-alkyl or cyclic N) is 1. The first kappa shape index (κ1) is 25.4. The number of hydrogen-bond acceptors (Lipinski definition) is 12. The molecule has 3 heterocycles. The summed E-state index contributed by atoms with van der Waals surface area (Å²) >= 11 is 0. The lowest BCUT2D eigenvalue weighted by molar-refractivity contribution is -0.214. The Morgan fingerprint density at radius 2 is 2.18 bits per heavy atom. The van der Waals surface area contributed by atoms with Crippen LogP contribution < -0.4 is 22.1 Å². The Labute approximate surface area is 194 Å². The van der Waals surface area contributed by atoms with E-state index in [1.165, 1.54) is 11.9 Å². The van der Waals surface area contributed by atoms with E-state index in [2.05, 4.69) is 20.6 Å². The Hall–Kier alpha value is -3.21. The Balaban J connectivity index is 1.87. The first-order valence-corrected chi connectivity index (χ1v) is 10.5. The van der Waals surface area contributed by atoms with Crippen molar-refractivity contribution in [3.63, 3.8) is 0 Å². The number of carbonyl (C=O) groups excluding carboxylic acids is 3. The topological polar surface area (TPSA) is 238 Å². The van der Waals surface area contributed by atoms with Gasteiger partial charge in [-0.1, -0.05) is 0 Å². The number of piperidine rings is 1. The number of nitrogens with one attached hydrogen (secondary N) is 2. The van der Waals surface area contributed by atoms with Crippen LogP contribution in [0.3, 0.4) is 0 Å². The number of guanidine groups is 1. The van der Waals surface area contributed by atoms with Crippen molar-refractivity contribution in [3.05, 3.63) is 0 Å². The summed E-state index contributed by atoms with van der Waals surface area (Å²) in [5.74, 6) is -0.772. The molecule has 16 nitrogen and oxygen atoms in total. The van der Waals surface area contributed by atoms with Gasteiger partial charge < -0.3 is 56.7 Å². The van der Waals surface area contributed by atoms with Gasteiger partial charge in [-0.05, 0) is 0 Å². The van der Waals surface area contributed by atoms with E-state index in [4.69, 9.17) is 20.9 Å². The van der Waals surface area contributed by atoms with Gasteiger partial charge in [-0.2, -0.15) is 0 Å². The van der Waals surface area contributed by atoms with Crippen molar-refractivity contribution in [2.75, 3.05) is 33.8 Å². The van der Waals surface area contributed by atoms with E-state index in [0.717, 1.165) is 11.2 Å². The lowest BCUT2D eigenvalue weighted by Crippen LogP contribution is -2.70. The highest BCUT2D eigenvalue weighted by Gasteiger charge is 2.51. The van der Waals surface area contributed by atoms with Crippen molar-refractivity contribution in [2.45, 2.75) is 48.8 Å². The molecule has 3 aliphatic heterocycles. The van der Waals surface area contributed by atoms with Gasteiger partial charge in [0, 0.05) is 20.6 Å². The molecule has 3 aliphatic rings. The molecule has 3 amide bonds. The molecule has 0 bridgehead atoms. The second-order valence-electron chi connectivity index (χ2n) is 8.18. The van der Waals surface area contributed by atoms with Gasteiger partial charge in [-0.3, -0.25) is 14.6 Å². The zero-order valence-corrected chi connectivity index (χ0v) is 18.6. The van der Waals surface area contributed by atoms with Crippen LogP contribution in [0.5, 0.6) is 0 Å². The fourth-order valence-corrected chi connectivity index (χ4v) is 4.26. The van der Waals surface area contributed by atoms with Gasteiger partial charge in [0.15, 0.2) is 24.3 Å². The van der Waals surface area contributed by atoms with Gasteiger partial charge in [-0.25, -0.2) is 9.79 Å². The maximum atomic E-state index is 12.6. The third-order valence-corrected chi connectivity index (χ3v) is 5.98. The van der Waals surface area contributed by atoms with Gasteiger partial charge in [-0.15, -0.1) is 0 Å². The molecule has 0 spiro atoms. The van der Waals surface area contributed by atoms with Crippen molar-refractivity contribution in [2.24, 2.45) is 21.5 Å². The number of rotatable bonds is 6. The highest BCUT2D eigenvalue weighted by molar-refractivity contribution is 5.92. The number of amides is 3. The van der Waals surface area contributed by atoms with Gasteiger partial charge >= 0.3 is 6.09 Å². The summed E-state index contributed by atoms with van der Waals surface area (Å²) in [5.41, 5.74) is 10.3. The lowest BCUT2D eigenvalue weighted by Gasteiger charge is -2.46. The number of aliphatic hydroxyl groups is 3. The van der Waals surface area contributed by atoms with Crippen molar-refractivity contribution in [3.8, 4) is 0 Å². The molecule has 0 saturated carbocycles. The van der Waals surface area contributed by atoms with Crippen LogP contribution in [0.4, 0.5) is 4.79 Å². The quantitative estimate of drug-likeness (QED) is 0.138. The summed E-state index contributed by atoms with van der Waals surface area (Å²) in [6.45, 7) is -0.860. The number of carbonyl (C=O) groups is 3. The van der Waals surface area contributed by atoms with Crippen LogP contribution in [0.15, 0.2) is 9.98 Å². The minimum atomic E-state index is -1.55. The fraction of sp³-hybridized carbons (Fsp3) is 0.722. The van der Waals surface area contributed by atoms with Crippen LogP contribution in [-0.4, -0.2) is 138 Å². The number of likely N-dealkylation sites (N-methyl/N-ethyl adjacent to an activating group) is 2. The molecule has 0 aromatic rings. The maximum absolute atomic E-state index is 12.6. The van der Waals surface area contributed by atoms with E-state index in [1.807, 2.05) is 0 Å². The van der Waals surface area contributed by atoms with Crippen LogP contribution >= 0.6 is 0 Å². The van der Waals surface area contributed by atoms with Gasteiger partial charge in [0.25, 0.3) is 0 Å². The molecule has 0 aliphatic carbocycles. The molecule has 16 heteroatoms. The van der Waals surface area contributed by atoms with E-state index in [1.54, 1.807) is 7.05 Å². The van der Waals surface area contributed by atoms with Crippen LogP contribution in [0.25, 0.3) is 0 Å². The normalized spacial score (nSPS) is 35.4. The molecule has 3 rings (SSSR count). The zero-order chi connectivity index (χ0) is 25.2. The molecule has 2 saturated heterocycles. The largest absolute Gasteiger partial charge is 0.441 e. The highest BCUT2D eigenvalue weighted by Crippen LogP contribution is 2.27. The van der Waals surface area contributed by atoms with Crippen LogP contribution in [-0.2, 0) is 19.1 Å². The number of aliphatic imine (C=N–C) groups is 2. The predicted molar refractivity (Wildman–Crippen MR) is 115 cm³/mol. The van der Waals surface area contributed by atoms with E-state index in [9.17, 15) is 29.7 Å². The minimum Gasteiger partial charge on any atom is -0.441 e. The Kier molecular flexibility index (Phi) is 7.75. The number of primary amides is 1. The first-order valence-electron chi connectivity index (χ1n) is 10.5. The molecule has 9 N–H and O–H groups in total. The summed E-state index contributed by atoms with van der Waals surface area (Å²) in [6, 6.07) is -2.75. The monoisotopic (exact) mass is 486 g/mol. The van der Waals surface area contributed by atoms with Crippen molar-refractivity contribution in [1.82, 2.24) is 20.4 Å². The van der Waals surface area contributed by atoms with E-state index in [-0.39, 0.29) is 25.0 Å². The number of likely N-dealkylation sites (tertiary alicyclic amines) is 1. The van der Waals surface area contributed by atoms with Gasteiger partial charge in [0.2, 0.25) is 11.8 Å². The van der Waals surface area contributed by atoms with Crippen LogP contribution in [0, 0.1) is 0 Å².